The number of nitriles is 1. The number of hydrogen-bond acceptors (Lipinski definition) is 3. The Hall–Kier alpha value is -1.83. The molecule has 0 atom stereocenters. The maximum absolute atomic E-state index is 11.1. The Morgan fingerprint density at radius 1 is 1.20 bits per heavy atom. The summed E-state index contributed by atoms with van der Waals surface area (Å²) in [6.07, 6.45) is 6.34. The largest absolute Gasteiger partial charge is 0.476 e. The quantitative estimate of drug-likeness (QED) is 0.864. The SMILES string of the molecule is N#Cc1c(C(=O)O)n[nH]c1C1C2CC3CC(C2)CC1C3. The van der Waals surface area contributed by atoms with E-state index in [9.17, 15) is 10.1 Å². The fourth-order valence-corrected chi connectivity index (χ4v) is 5.26. The highest BCUT2D eigenvalue weighted by Crippen LogP contribution is 2.59. The third-order valence-corrected chi connectivity index (χ3v) is 5.67. The number of carboxylic acid groups (broad SMARTS) is 1. The van der Waals surface area contributed by atoms with Crippen LogP contribution in [0.4, 0.5) is 0 Å². The van der Waals surface area contributed by atoms with Crippen LogP contribution in [0.25, 0.3) is 0 Å². The van der Waals surface area contributed by atoms with Crippen LogP contribution in [0.3, 0.4) is 0 Å². The van der Waals surface area contributed by atoms with Crippen LogP contribution in [0.1, 0.15) is 59.8 Å². The first-order chi connectivity index (χ1) is 9.67. The average Bonchev–Trinajstić information content (AvgIpc) is 2.81. The molecule has 1 aromatic heterocycles. The molecule has 0 radical (unpaired) electrons. The number of nitrogens with one attached hydrogen (secondary N) is 1. The first kappa shape index (κ1) is 12.0. The molecule has 0 spiro atoms. The molecule has 2 N–H and O–H groups in total. The molecular weight excluding hydrogens is 254 g/mol. The Morgan fingerprint density at radius 3 is 2.30 bits per heavy atom. The van der Waals surface area contributed by atoms with Crippen LogP contribution in [0.2, 0.25) is 0 Å². The second kappa shape index (κ2) is 4.08. The number of H-pyrrole nitrogens is 1. The molecule has 4 bridgehead atoms. The van der Waals surface area contributed by atoms with Gasteiger partial charge in [-0.15, -0.1) is 0 Å². The summed E-state index contributed by atoms with van der Waals surface area (Å²) in [5.74, 6) is 2.15. The summed E-state index contributed by atoms with van der Waals surface area (Å²) >= 11 is 0. The highest BCUT2D eigenvalue weighted by molar-refractivity contribution is 5.88. The first-order valence-corrected chi connectivity index (χ1v) is 7.39. The van der Waals surface area contributed by atoms with Gasteiger partial charge >= 0.3 is 5.97 Å². The lowest BCUT2D eigenvalue weighted by Gasteiger charge is -2.54. The zero-order valence-electron chi connectivity index (χ0n) is 11.2. The van der Waals surface area contributed by atoms with E-state index in [2.05, 4.69) is 16.3 Å². The van der Waals surface area contributed by atoms with Gasteiger partial charge in [0.15, 0.2) is 5.69 Å². The zero-order valence-corrected chi connectivity index (χ0v) is 11.2. The van der Waals surface area contributed by atoms with Crippen LogP contribution >= 0.6 is 0 Å². The number of rotatable bonds is 2. The third-order valence-electron chi connectivity index (χ3n) is 5.67. The Morgan fingerprint density at radius 2 is 1.80 bits per heavy atom. The van der Waals surface area contributed by atoms with Crippen molar-refractivity contribution >= 4 is 5.97 Å². The number of carboxylic acids is 1. The molecule has 104 valence electrons. The molecule has 5 nitrogen and oxygen atoms in total. The molecular formula is C15H17N3O2. The van der Waals surface area contributed by atoms with E-state index in [0.29, 0.717) is 17.8 Å². The van der Waals surface area contributed by atoms with E-state index in [1.54, 1.807) is 0 Å². The van der Waals surface area contributed by atoms with E-state index >= 15 is 0 Å². The Bertz CT molecular complexity index is 585. The molecule has 4 aliphatic rings. The van der Waals surface area contributed by atoms with Gasteiger partial charge in [0.2, 0.25) is 0 Å². The Labute approximate surface area is 117 Å². The van der Waals surface area contributed by atoms with Gasteiger partial charge in [-0.3, -0.25) is 5.10 Å². The predicted octanol–water partition coefficient (Wildman–Crippen LogP) is 2.52. The molecule has 4 saturated carbocycles. The second-order valence-corrected chi connectivity index (χ2v) is 6.73. The summed E-state index contributed by atoms with van der Waals surface area (Å²) in [6, 6.07) is 2.06. The van der Waals surface area contributed by atoms with Crippen molar-refractivity contribution in [2.75, 3.05) is 0 Å². The minimum Gasteiger partial charge on any atom is -0.476 e. The monoisotopic (exact) mass is 271 g/mol. The van der Waals surface area contributed by atoms with Gasteiger partial charge in [-0.25, -0.2) is 4.79 Å². The second-order valence-electron chi connectivity index (χ2n) is 6.73. The molecule has 5 rings (SSSR count). The fraction of sp³-hybridized carbons (Fsp3) is 0.667. The Balaban J connectivity index is 1.75. The molecule has 1 heterocycles. The standard InChI is InChI=1S/C15H17N3O2/c16-6-11-13(17-18-14(11)15(19)20)12-9-2-7-1-8(4-9)5-10(12)3-7/h7-10,12H,1-5H2,(H,17,18)(H,19,20). The van der Waals surface area contributed by atoms with Crippen molar-refractivity contribution in [2.45, 2.75) is 38.0 Å². The minimum absolute atomic E-state index is 0.115. The molecule has 5 heteroatoms. The van der Waals surface area contributed by atoms with Gasteiger partial charge in [0.05, 0.1) is 5.69 Å². The van der Waals surface area contributed by atoms with Gasteiger partial charge in [-0.2, -0.15) is 10.4 Å². The van der Waals surface area contributed by atoms with Crippen molar-refractivity contribution in [1.29, 1.82) is 5.26 Å². The summed E-state index contributed by atoms with van der Waals surface area (Å²) in [5, 5.41) is 25.2. The topological polar surface area (TPSA) is 89.8 Å². The van der Waals surface area contributed by atoms with Gasteiger partial charge in [-0.05, 0) is 55.8 Å². The average molecular weight is 271 g/mol. The summed E-state index contributed by atoms with van der Waals surface area (Å²) < 4.78 is 0. The van der Waals surface area contributed by atoms with Crippen LogP contribution in [0, 0.1) is 35.0 Å². The van der Waals surface area contributed by atoms with Crippen LogP contribution in [-0.2, 0) is 0 Å². The molecule has 0 saturated heterocycles. The molecule has 0 aliphatic heterocycles. The number of aromatic nitrogens is 2. The van der Waals surface area contributed by atoms with Crippen molar-refractivity contribution in [3.8, 4) is 6.07 Å². The molecule has 4 aliphatic carbocycles. The van der Waals surface area contributed by atoms with E-state index in [1.807, 2.05) is 0 Å². The maximum Gasteiger partial charge on any atom is 0.357 e. The highest BCUT2D eigenvalue weighted by Gasteiger charge is 2.50. The molecule has 4 fully saturated rings. The molecule has 1 aromatic rings. The van der Waals surface area contributed by atoms with Crippen molar-refractivity contribution in [2.24, 2.45) is 23.7 Å². The van der Waals surface area contributed by atoms with Gasteiger partial charge < -0.3 is 5.11 Å². The lowest BCUT2D eigenvalue weighted by molar-refractivity contribution is -0.00426. The van der Waals surface area contributed by atoms with Crippen molar-refractivity contribution in [1.82, 2.24) is 10.2 Å². The molecule has 0 amide bonds. The first-order valence-electron chi connectivity index (χ1n) is 7.39. The molecule has 20 heavy (non-hydrogen) atoms. The summed E-state index contributed by atoms with van der Waals surface area (Å²) in [4.78, 5) is 11.1. The van der Waals surface area contributed by atoms with Gasteiger partial charge in [0, 0.05) is 5.92 Å². The van der Waals surface area contributed by atoms with Crippen LogP contribution < -0.4 is 0 Å². The van der Waals surface area contributed by atoms with E-state index in [0.717, 1.165) is 17.5 Å². The van der Waals surface area contributed by atoms with E-state index in [-0.39, 0.29) is 11.3 Å². The van der Waals surface area contributed by atoms with E-state index in [1.165, 1.54) is 32.1 Å². The maximum atomic E-state index is 11.1. The third kappa shape index (κ3) is 1.54. The van der Waals surface area contributed by atoms with Crippen molar-refractivity contribution in [3.63, 3.8) is 0 Å². The summed E-state index contributed by atoms with van der Waals surface area (Å²) in [5.41, 5.74) is 0.935. The molecule has 0 aromatic carbocycles. The van der Waals surface area contributed by atoms with Crippen LogP contribution in [-0.4, -0.2) is 21.3 Å². The van der Waals surface area contributed by atoms with E-state index in [4.69, 9.17) is 5.11 Å². The fourth-order valence-electron chi connectivity index (χ4n) is 5.26. The lowest BCUT2D eigenvalue weighted by Crippen LogP contribution is -2.44. The van der Waals surface area contributed by atoms with Crippen molar-refractivity contribution in [3.05, 3.63) is 17.0 Å². The number of aromatic amines is 1. The zero-order chi connectivity index (χ0) is 13.9. The number of carbonyl (C=O) groups is 1. The minimum atomic E-state index is -1.12. The predicted molar refractivity (Wildman–Crippen MR) is 70.0 cm³/mol. The van der Waals surface area contributed by atoms with Gasteiger partial charge in [-0.1, -0.05) is 0 Å². The highest BCUT2D eigenvalue weighted by atomic mass is 16.4. The lowest BCUT2D eigenvalue weighted by atomic mass is 9.51. The normalized spacial score (nSPS) is 37.9. The Kier molecular flexibility index (Phi) is 2.44. The van der Waals surface area contributed by atoms with Crippen LogP contribution in [0.15, 0.2) is 0 Å². The number of hydrogen-bond donors (Lipinski definition) is 2. The number of aromatic carboxylic acids is 1. The van der Waals surface area contributed by atoms with E-state index < -0.39 is 5.97 Å². The van der Waals surface area contributed by atoms with Gasteiger partial charge in [0.1, 0.15) is 11.6 Å². The molecule has 0 unspecified atom stereocenters. The van der Waals surface area contributed by atoms with Gasteiger partial charge in [0.25, 0.3) is 0 Å². The summed E-state index contributed by atoms with van der Waals surface area (Å²) in [7, 11) is 0. The smallest absolute Gasteiger partial charge is 0.357 e. The van der Waals surface area contributed by atoms with Crippen LogP contribution in [0.5, 0.6) is 0 Å². The summed E-state index contributed by atoms with van der Waals surface area (Å²) in [6.45, 7) is 0. The number of nitrogens with zero attached hydrogens (tertiary/aromatic N) is 2. The van der Waals surface area contributed by atoms with Crippen molar-refractivity contribution < 1.29 is 9.90 Å².